The summed E-state index contributed by atoms with van der Waals surface area (Å²) in [7, 11) is 0. The van der Waals surface area contributed by atoms with Crippen LogP contribution in [0.4, 0.5) is 0 Å². The predicted octanol–water partition coefficient (Wildman–Crippen LogP) is 0.830. The van der Waals surface area contributed by atoms with Crippen molar-refractivity contribution in [3.8, 4) is 6.07 Å². The summed E-state index contributed by atoms with van der Waals surface area (Å²) in [5.74, 6) is 1.08. The molecule has 78 valence electrons. The third-order valence-corrected chi connectivity index (χ3v) is 3.70. The summed E-state index contributed by atoms with van der Waals surface area (Å²) in [4.78, 5) is 2.52. The molecular formula is C11H19N3. The number of likely N-dealkylation sites (tertiary alicyclic amines) is 1. The van der Waals surface area contributed by atoms with Crippen LogP contribution in [0.15, 0.2) is 0 Å². The van der Waals surface area contributed by atoms with E-state index in [0.717, 1.165) is 38.5 Å². The van der Waals surface area contributed by atoms with Gasteiger partial charge in [-0.15, -0.1) is 0 Å². The molecule has 0 radical (unpaired) electrons. The second-order valence-corrected chi connectivity index (χ2v) is 4.50. The average Bonchev–Trinajstić information content (AvgIpc) is 2.85. The van der Waals surface area contributed by atoms with E-state index in [2.05, 4.69) is 23.2 Å². The fourth-order valence-electron chi connectivity index (χ4n) is 2.76. The molecule has 2 rings (SSSR count). The van der Waals surface area contributed by atoms with Crippen molar-refractivity contribution in [3.05, 3.63) is 0 Å². The van der Waals surface area contributed by atoms with Gasteiger partial charge >= 0.3 is 0 Å². The van der Waals surface area contributed by atoms with E-state index in [0.29, 0.717) is 6.04 Å². The standard InChI is InChI=1S/C11H19N3/c1-2-10-6-13-7-11(10)14-4-3-9(5-12)8-14/h9-11,13H,2-4,6-8H2,1H3. The van der Waals surface area contributed by atoms with Crippen molar-refractivity contribution in [3.63, 3.8) is 0 Å². The summed E-state index contributed by atoms with van der Waals surface area (Å²) in [6, 6.07) is 3.08. The number of hydrogen-bond donors (Lipinski definition) is 1. The van der Waals surface area contributed by atoms with Gasteiger partial charge in [-0.05, 0) is 25.4 Å². The van der Waals surface area contributed by atoms with E-state index in [9.17, 15) is 0 Å². The zero-order chi connectivity index (χ0) is 9.97. The quantitative estimate of drug-likeness (QED) is 0.706. The molecule has 2 aliphatic heterocycles. The maximum Gasteiger partial charge on any atom is 0.0669 e. The van der Waals surface area contributed by atoms with Crippen molar-refractivity contribution in [1.82, 2.24) is 10.2 Å². The first-order chi connectivity index (χ1) is 6.85. The van der Waals surface area contributed by atoms with Gasteiger partial charge in [-0.2, -0.15) is 5.26 Å². The summed E-state index contributed by atoms with van der Waals surface area (Å²) in [5, 5.41) is 12.3. The molecular weight excluding hydrogens is 174 g/mol. The van der Waals surface area contributed by atoms with Crippen LogP contribution in [0.25, 0.3) is 0 Å². The summed E-state index contributed by atoms with van der Waals surface area (Å²) in [6.07, 6.45) is 2.33. The van der Waals surface area contributed by atoms with Gasteiger partial charge in [0.1, 0.15) is 0 Å². The van der Waals surface area contributed by atoms with Gasteiger partial charge in [-0.1, -0.05) is 13.3 Å². The molecule has 0 bridgehead atoms. The van der Waals surface area contributed by atoms with Crippen molar-refractivity contribution in [2.45, 2.75) is 25.8 Å². The van der Waals surface area contributed by atoms with E-state index in [1.54, 1.807) is 0 Å². The highest BCUT2D eigenvalue weighted by molar-refractivity contribution is 4.96. The zero-order valence-electron chi connectivity index (χ0n) is 8.87. The molecule has 2 fully saturated rings. The predicted molar refractivity (Wildman–Crippen MR) is 55.7 cm³/mol. The molecule has 2 heterocycles. The van der Waals surface area contributed by atoms with Gasteiger partial charge in [-0.3, -0.25) is 4.90 Å². The molecule has 0 amide bonds. The van der Waals surface area contributed by atoms with Crippen molar-refractivity contribution < 1.29 is 0 Å². The number of nitrogens with one attached hydrogen (secondary N) is 1. The normalized spacial score (nSPS) is 38.7. The molecule has 0 aliphatic carbocycles. The molecule has 3 unspecified atom stereocenters. The van der Waals surface area contributed by atoms with E-state index < -0.39 is 0 Å². The van der Waals surface area contributed by atoms with Crippen LogP contribution in [0.3, 0.4) is 0 Å². The van der Waals surface area contributed by atoms with Crippen LogP contribution in [-0.4, -0.2) is 37.1 Å². The lowest BCUT2D eigenvalue weighted by Crippen LogP contribution is -2.39. The molecule has 2 aliphatic rings. The zero-order valence-corrected chi connectivity index (χ0v) is 8.87. The molecule has 3 heteroatoms. The first-order valence-corrected chi connectivity index (χ1v) is 5.69. The van der Waals surface area contributed by atoms with Crippen molar-refractivity contribution >= 4 is 0 Å². The highest BCUT2D eigenvalue weighted by atomic mass is 15.2. The molecule has 3 nitrogen and oxygen atoms in total. The minimum Gasteiger partial charge on any atom is -0.315 e. The molecule has 0 saturated carbocycles. The van der Waals surface area contributed by atoms with Gasteiger partial charge in [0.05, 0.1) is 12.0 Å². The average molecular weight is 193 g/mol. The monoisotopic (exact) mass is 193 g/mol. The summed E-state index contributed by atoms with van der Waals surface area (Å²) in [5.41, 5.74) is 0. The Morgan fingerprint density at radius 1 is 1.50 bits per heavy atom. The SMILES string of the molecule is CCC1CNCC1N1CCC(C#N)C1. The maximum atomic E-state index is 8.86. The van der Waals surface area contributed by atoms with Crippen LogP contribution in [0.1, 0.15) is 19.8 Å². The second-order valence-electron chi connectivity index (χ2n) is 4.50. The summed E-state index contributed by atoms with van der Waals surface area (Å²) < 4.78 is 0. The Bertz CT molecular complexity index is 233. The van der Waals surface area contributed by atoms with Gasteiger partial charge < -0.3 is 5.32 Å². The van der Waals surface area contributed by atoms with Gasteiger partial charge in [0.2, 0.25) is 0 Å². The van der Waals surface area contributed by atoms with Gasteiger partial charge in [0, 0.05) is 19.1 Å². The fourth-order valence-corrected chi connectivity index (χ4v) is 2.76. The number of rotatable bonds is 2. The Balaban J connectivity index is 1.93. The third-order valence-electron chi connectivity index (χ3n) is 3.70. The lowest BCUT2D eigenvalue weighted by Gasteiger charge is -2.27. The van der Waals surface area contributed by atoms with E-state index in [1.807, 2.05) is 0 Å². The van der Waals surface area contributed by atoms with Crippen LogP contribution in [0, 0.1) is 23.2 Å². The third kappa shape index (κ3) is 1.77. The molecule has 2 saturated heterocycles. The van der Waals surface area contributed by atoms with Crippen molar-refractivity contribution in [1.29, 1.82) is 5.26 Å². The molecule has 14 heavy (non-hydrogen) atoms. The maximum absolute atomic E-state index is 8.86. The lowest BCUT2D eigenvalue weighted by molar-refractivity contribution is 0.205. The van der Waals surface area contributed by atoms with E-state index in [4.69, 9.17) is 5.26 Å². The minimum atomic E-state index is 0.285. The fraction of sp³-hybridized carbons (Fsp3) is 0.909. The molecule has 0 spiro atoms. The Hall–Kier alpha value is -0.590. The summed E-state index contributed by atoms with van der Waals surface area (Å²) in [6.45, 7) is 6.68. The Morgan fingerprint density at radius 2 is 2.36 bits per heavy atom. The molecule has 0 aromatic heterocycles. The van der Waals surface area contributed by atoms with Crippen LogP contribution in [0.5, 0.6) is 0 Å². The van der Waals surface area contributed by atoms with Crippen molar-refractivity contribution in [2.75, 3.05) is 26.2 Å². The Morgan fingerprint density at radius 3 is 3.00 bits per heavy atom. The topological polar surface area (TPSA) is 39.1 Å². The molecule has 1 N–H and O–H groups in total. The Kier molecular flexibility index (Phi) is 3.05. The smallest absolute Gasteiger partial charge is 0.0669 e. The van der Waals surface area contributed by atoms with Crippen molar-refractivity contribution in [2.24, 2.45) is 11.8 Å². The van der Waals surface area contributed by atoms with Gasteiger partial charge in [-0.25, -0.2) is 0 Å². The van der Waals surface area contributed by atoms with Crippen LogP contribution in [0.2, 0.25) is 0 Å². The number of nitrogens with zero attached hydrogens (tertiary/aromatic N) is 2. The Labute approximate surface area is 86.1 Å². The lowest BCUT2D eigenvalue weighted by atomic mass is 10.00. The van der Waals surface area contributed by atoms with E-state index >= 15 is 0 Å². The highest BCUT2D eigenvalue weighted by Gasteiger charge is 2.34. The van der Waals surface area contributed by atoms with Crippen LogP contribution in [-0.2, 0) is 0 Å². The van der Waals surface area contributed by atoms with Crippen LogP contribution < -0.4 is 5.32 Å². The molecule has 0 aromatic carbocycles. The first-order valence-electron chi connectivity index (χ1n) is 5.69. The number of nitriles is 1. The van der Waals surface area contributed by atoms with E-state index in [1.165, 1.54) is 6.42 Å². The first kappa shape index (κ1) is 9.95. The van der Waals surface area contributed by atoms with Crippen LogP contribution >= 0.6 is 0 Å². The van der Waals surface area contributed by atoms with Gasteiger partial charge in [0.25, 0.3) is 0 Å². The second kappa shape index (κ2) is 4.29. The van der Waals surface area contributed by atoms with E-state index in [-0.39, 0.29) is 5.92 Å². The largest absolute Gasteiger partial charge is 0.315 e. The highest BCUT2D eigenvalue weighted by Crippen LogP contribution is 2.25. The van der Waals surface area contributed by atoms with Gasteiger partial charge in [0.15, 0.2) is 0 Å². The molecule has 3 atom stereocenters. The minimum absolute atomic E-state index is 0.285. The number of hydrogen-bond acceptors (Lipinski definition) is 3. The summed E-state index contributed by atoms with van der Waals surface area (Å²) >= 11 is 0. The molecule has 0 aromatic rings.